The second kappa shape index (κ2) is 4.58. The van der Waals surface area contributed by atoms with Gasteiger partial charge in [0.05, 0.1) is 12.0 Å². The van der Waals surface area contributed by atoms with E-state index in [1.165, 1.54) is 0 Å². The SMILES string of the molecule is C=C1[C@@H]2[C@H]3OC(=O)[C@](O)(CCl)[C@@H]3CCC(=C)[C@@H]2C[C@@H]1O. The van der Waals surface area contributed by atoms with Gasteiger partial charge < -0.3 is 14.9 Å². The number of esters is 1. The van der Waals surface area contributed by atoms with Crippen molar-refractivity contribution >= 4 is 17.6 Å². The third kappa shape index (κ3) is 1.71. The zero-order valence-electron chi connectivity index (χ0n) is 11.2. The summed E-state index contributed by atoms with van der Waals surface area (Å²) in [7, 11) is 0. The Balaban J connectivity index is 2.02. The standard InChI is InChI=1S/C15H19ClO4/c1-7-3-4-10-13(20-14(18)15(10,19)6-16)12-8(2)11(17)5-9(7)12/h9-13,17,19H,1-6H2/t9-,10+,11-,12-,13-,15-/m0/s1. The smallest absolute Gasteiger partial charge is 0.340 e. The lowest BCUT2D eigenvalue weighted by Crippen LogP contribution is -2.44. The van der Waals surface area contributed by atoms with Crippen molar-refractivity contribution in [1.29, 1.82) is 0 Å². The van der Waals surface area contributed by atoms with Crippen LogP contribution in [-0.4, -0.2) is 39.9 Å². The Morgan fingerprint density at radius 1 is 1.45 bits per heavy atom. The van der Waals surface area contributed by atoms with Crippen molar-refractivity contribution < 1.29 is 19.7 Å². The molecule has 0 aromatic rings. The predicted molar refractivity (Wildman–Crippen MR) is 74.2 cm³/mol. The van der Waals surface area contributed by atoms with E-state index in [1.54, 1.807) is 0 Å². The molecule has 110 valence electrons. The molecular formula is C15H19ClO4. The summed E-state index contributed by atoms with van der Waals surface area (Å²) in [6.07, 6.45) is 0.846. The predicted octanol–water partition coefficient (Wildman–Crippen LogP) is 1.40. The summed E-state index contributed by atoms with van der Waals surface area (Å²) in [6.45, 7) is 8.06. The van der Waals surface area contributed by atoms with Crippen LogP contribution in [-0.2, 0) is 9.53 Å². The average Bonchev–Trinajstić information content (AvgIpc) is 2.79. The summed E-state index contributed by atoms with van der Waals surface area (Å²) >= 11 is 5.82. The third-order valence-corrected chi connectivity index (χ3v) is 5.64. The van der Waals surface area contributed by atoms with Gasteiger partial charge in [-0.05, 0) is 30.8 Å². The highest BCUT2D eigenvalue weighted by molar-refractivity contribution is 6.20. The molecule has 5 heteroatoms. The van der Waals surface area contributed by atoms with Gasteiger partial charge in [0.25, 0.3) is 0 Å². The van der Waals surface area contributed by atoms with E-state index >= 15 is 0 Å². The van der Waals surface area contributed by atoms with Gasteiger partial charge in [-0.2, -0.15) is 0 Å². The molecule has 1 aliphatic heterocycles. The number of ether oxygens (including phenoxy) is 1. The minimum Gasteiger partial charge on any atom is -0.459 e. The maximum absolute atomic E-state index is 12.0. The number of halogens is 1. The van der Waals surface area contributed by atoms with Crippen LogP contribution in [0.3, 0.4) is 0 Å². The Kier molecular flexibility index (Phi) is 3.23. The second-order valence-electron chi connectivity index (χ2n) is 6.19. The Labute approximate surface area is 123 Å². The van der Waals surface area contributed by atoms with E-state index in [0.29, 0.717) is 24.8 Å². The van der Waals surface area contributed by atoms with Crippen LogP contribution in [0.15, 0.2) is 24.3 Å². The van der Waals surface area contributed by atoms with Gasteiger partial charge in [-0.3, -0.25) is 0 Å². The number of alkyl halides is 1. The molecule has 0 spiro atoms. The third-order valence-electron chi connectivity index (χ3n) is 5.23. The molecule has 2 N–H and O–H groups in total. The number of aliphatic hydroxyl groups is 2. The molecule has 2 saturated carbocycles. The number of carbonyl (C=O) groups is 1. The zero-order valence-corrected chi connectivity index (χ0v) is 12.0. The highest BCUT2D eigenvalue weighted by atomic mass is 35.5. The number of hydrogen-bond donors (Lipinski definition) is 2. The van der Waals surface area contributed by atoms with E-state index in [0.717, 1.165) is 5.57 Å². The quantitative estimate of drug-likeness (QED) is 0.436. The lowest BCUT2D eigenvalue weighted by Gasteiger charge is -2.28. The van der Waals surface area contributed by atoms with Crippen molar-refractivity contribution in [2.24, 2.45) is 17.8 Å². The van der Waals surface area contributed by atoms with Crippen LogP contribution in [0.5, 0.6) is 0 Å². The molecule has 20 heavy (non-hydrogen) atoms. The van der Waals surface area contributed by atoms with Crippen LogP contribution in [0.1, 0.15) is 19.3 Å². The summed E-state index contributed by atoms with van der Waals surface area (Å²) in [5.41, 5.74) is 0.0876. The first-order valence-corrected chi connectivity index (χ1v) is 7.47. The van der Waals surface area contributed by atoms with Gasteiger partial charge in [0.15, 0.2) is 5.60 Å². The molecule has 3 aliphatic rings. The summed E-state index contributed by atoms with van der Waals surface area (Å²) < 4.78 is 5.45. The number of allylic oxidation sites excluding steroid dienone is 1. The Morgan fingerprint density at radius 3 is 2.80 bits per heavy atom. The van der Waals surface area contributed by atoms with E-state index in [2.05, 4.69) is 13.2 Å². The van der Waals surface area contributed by atoms with E-state index < -0.39 is 23.8 Å². The number of aliphatic hydroxyl groups excluding tert-OH is 1. The van der Waals surface area contributed by atoms with Gasteiger partial charge in [-0.1, -0.05) is 18.7 Å². The second-order valence-corrected chi connectivity index (χ2v) is 6.46. The van der Waals surface area contributed by atoms with Crippen LogP contribution in [0.2, 0.25) is 0 Å². The first-order chi connectivity index (χ1) is 9.40. The van der Waals surface area contributed by atoms with Crippen molar-refractivity contribution in [1.82, 2.24) is 0 Å². The molecule has 0 aromatic heterocycles. The molecule has 2 aliphatic carbocycles. The molecule has 0 aromatic carbocycles. The molecule has 4 nitrogen and oxygen atoms in total. The van der Waals surface area contributed by atoms with E-state index in [9.17, 15) is 15.0 Å². The van der Waals surface area contributed by atoms with Gasteiger partial charge in [0, 0.05) is 11.8 Å². The van der Waals surface area contributed by atoms with Gasteiger partial charge in [-0.25, -0.2) is 4.79 Å². The van der Waals surface area contributed by atoms with E-state index in [4.69, 9.17) is 16.3 Å². The monoisotopic (exact) mass is 298 g/mol. The molecule has 3 rings (SSSR count). The Bertz CT molecular complexity index is 488. The topological polar surface area (TPSA) is 66.8 Å². The van der Waals surface area contributed by atoms with Gasteiger partial charge >= 0.3 is 5.97 Å². The normalized spacial score (nSPS) is 47.8. The van der Waals surface area contributed by atoms with Crippen molar-refractivity contribution in [3.05, 3.63) is 24.3 Å². The fourth-order valence-corrected chi connectivity index (χ4v) is 4.32. The van der Waals surface area contributed by atoms with Gasteiger partial charge in [0.2, 0.25) is 0 Å². The largest absolute Gasteiger partial charge is 0.459 e. The summed E-state index contributed by atoms with van der Waals surface area (Å²) in [6, 6.07) is 0. The first-order valence-electron chi connectivity index (χ1n) is 6.94. The summed E-state index contributed by atoms with van der Waals surface area (Å²) in [4.78, 5) is 12.0. The highest BCUT2D eigenvalue weighted by Crippen LogP contribution is 2.53. The maximum Gasteiger partial charge on any atom is 0.340 e. The van der Waals surface area contributed by atoms with Crippen molar-refractivity contribution in [3.8, 4) is 0 Å². The lowest BCUT2D eigenvalue weighted by atomic mass is 9.78. The lowest BCUT2D eigenvalue weighted by molar-refractivity contribution is -0.154. The first kappa shape index (κ1) is 14.1. The Hall–Kier alpha value is -0.840. The Morgan fingerprint density at radius 2 is 2.15 bits per heavy atom. The maximum atomic E-state index is 12.0. The van der Waals surface area contributed by atoms with Crippen molar-refractivity contribution in [2.75, 3.05) is 5.88 Å². The van der Waals surface area contributed by atoms with Gasteiger partial charge in [-0.15, -0.1) is 11.6 Å². The fraction of sp³-hybridized carbons (Fsp3) is 0.667. The average molecular weight is 299 g/mol. The molecule has 1 heterocycles. The van der Waals surface area contributed by atoms with E-state index in [-0.39, 0.29) is 23.6 Å². The minimum absolute atomic E-state index is 0.0676. The van der Waals surface area contributed by atoms with Crippen molar-refractivity contribution in [2.45, 2.75) is 37.1 Å². The minimum atomic E-state index is -1.63. The molecule has 6 atom stereocenters. The van der Waals surface area contributed by atoms with Crippen LogP contribution >= 0.6 is 11.6 Å². The molecule has 0 radical (unpaired) electrons. The zero-order chi connectivity index (χ0) is 14.7. The number of carbonyl (C=O) groups excluding carboxylic acids is 1. The molecule has 0 unspecified atom stereocenters. The van der Waals surface area contributed by atoms with Crippen LogP contribution < -0.4 is 0 Å². The van der Waals surface area contributed by atoms with Crippen LogP contribution in [0.25, 0.3) is 0 Å². The van der Waals surface area contributed by atoms with Gasteiger partial charge in [0.1, 0.15) is 6.10 Å². The molecular weight excluding hydrogens is 280 g/mol. The fourth-order valence-electron chi connectivity index (χ4n) is 4.02. The highest BCUT2D eigenvalue weighted by Gasteiger charge is 2.61. The number of rotatable bonds is 1. The number of fused-ring (bicyclic) bond motifs is 3. The van der Waals surface area contributed by atoms with Crippen LogP contribution in [0, 0.1) is 17.8 Å². The van der Waals surface area contributed by atoms with Crippen LogP contribution in [0.4, 0.5) is 0 Å². The van der Waals surface area contributed by atoms with Crippen molar-refractivity contribution in [3.63, 3.8) is 0 Å². The number of hydrogen-bond acceptors (Lipinski definition) is 4. The molecule has 3 fully saturated rings. The molecule has 1 saturated heterocycles. The van der Waals surface area contributed by atoms with E-state index in [1.807, 2.05) is 0 Å². The summed E-state index contributed by atoms with van der Waals surface area (Å²) in [5.74, 6) is -1.28. The molecule has 0 bridgehead atoms. The molecule has 0 amide bonds. The summed E-state index contributed by atoms with van der Waals surface area (Å²) in [5, 5.41) is 20.6.